The predicted molar refractivity (Wildman–Crippen MR) is 108 cm³/mol. The fourth-order valence-electron chi connectivity index (χ4n) is 2.95. The van der Waals surface area contributed by atoms with Gasteiger partial charge in [-0.25, -0.2) is 4.79 Å². The third-order valence-electron chi connectivity index (χ3n) is 4.52. The number of nitrogens with two attached hydrogens (primary N) is 1. The molecule has 1 heterocycles. The van der Waals surface area contributed by atoms with Crippen LogP contribution in [-0.2, 0) is 4.74 Å². The summed E-state index contributed by atoms with van der Waals surface area (Å²) in [6.45, 7) is 7.90. The van der Waals surface area contributed by atoms with E-state index >= 15 is 0 Å². The minimum absolute atomic E-state index is 0. The maximum absolute atomic E-state index is 12.3. The number of hydrogen-bond acceptors (Lipinski definition) is 3. The van der Waals surface area contributed by atoms with Crippen molar-refractivity contribution in [1.82, 2.24) is 10.2 Å². The molecule has 0 aromatic carbocycles. The number of nitrogens with zero attached hydrogens (tertiary/aromatic N) is 2. The Balaban J connectivity index is 0.00000288. The van der Waals surface area contributed by atoms with Crippen LogP contribution in [0.5, 0.6) is 0 Å². The molecule has 140 valence electrons. The van der Waals surface area contributed by atoms with Gasteiger partial charge in [0.2, 0.25) is 0 Å². The molecule has 0 aromatic rings. The van der Waals surface area contributed by atoms with Crippen molar-refractivity contribution in [1.29, 1.82) is 0 Å². The minimum Gasteiger partial charge on any atom is -0.444 e. The molecule has 1 saturated heterocycles. The number of piperidine rings is 1. The molecule has 3 N–H and O–H groups in total. The van der Waals surface area contributed by atoms with E-state index in [-0.39, 0.29) is 36.1 Å². The molecule has 7 heteroatoms. The SMILES string of the molecule is CC(C)(C)OC(=O)N1CCCCC1CNC(N)=NCC1CCC1.I. The maximum Gasteiger partial charge on any atom is 0.410 e. The Morgan fingerprint density at radius 1 is 1.25 bits per heavy atom. The first-order valence-electron chi connectivity index (χ1n) is 8.88. The van der Waals surface area contributed by atoms with Crippen molar-refractivity contribution in [3.8, 4) is 0 Å². The normalized spacial score (nSPS) is 22.4. The third kappa shape index (κ3) is 7.03. The highest BCUT2D eigenvalue weighted by atomic mass is 127. The summed E-state index contributed by atoms with van der Waals surface area (Å²) in [5.74, 6) is 1.20. The molecule has 0 spiro atoms. The summed E-state index contributed by atoms with van der Waals surface area (Å²) in [5.41, 5.74) is 5.48. The summed E-state index contributed by atoms with van der Waals surface area (Å²) < 4.78 is 5.51. The number of nitrogens with one attached hydrogen (secondary N) is 1. The monoisotopic (exact) mass is 452 g/mol. The van der Waals surface area contributed by atoms with Crippen LogP contribution in [0, 0.1) is 5.92 Å². The standard InChI is InChI=1S/C17H32N4O2.HI/c1-17(2,3)23-16(22)21-10-5-4-9-14(21)12-20-15(18)19-11-13-7-6-8-13;/h13-14H,4-12H2,1-3H3,(H3,18,19,20);1H. The number of hydrogen-bond donors (Lipinski definition) is 2. The molecule has 2 rings (SSSR count). The van der Waals surface area contributed by atoms with Gasteiger partial charge in [-0.2, -0.15) is 0 Å². The topological polar surface area (TPSA) is 80.0 Å². The first kappa shape index (κ1) is 21.3. The maximum atomic E-state index is 12.3. The van der Waals surface area contributed by atoms with Crippen LogP contribution >= 0.6 is 24.0 Å². The van der Waals surface area contributed by atoms with Crippen LogP contribution in [0.4, 0.5) is 4.79 Å². The first-order chi connectivity index (χ1) is 10.8. The van der Waals surface area contributed by atoms with Crippen LogP contribution in [0.3, 0.4) is 0 Å². The van der Waals surface area contributed by atoms with Crippen LogP contribution in [0.2, 0.25) is 0 Å². The highest BCUT2D eigenvalue weighted by molar-refractivity contribution is 14.0. The number of aliphatic imine (C=N–C) groups is 1. The molecule has 1 unspecified atom stereocenters. The van der Waals surface area contributed by atoms with E-state index in [2.05, 4.69) is 10.3 Å². The molecule has 1 aliphatic carbocycles. The smallest absolute Gasteiger partial charge is 0.410 e. The number of likely N-dealkylation sites (tertiary alicyclic amines) is 1. The minimum atomic E-state index is -0.463. The van der Waals surface area contributed by atoms with E-state index in [9.17, 15) is 4.79 Å². The van der Waals surface area contributed by atoms with Crippen LogP contribution in [0.15, 0.2) is 4.99 Å². The van der Waals surface area contributed by atoms with Crippen LogP contribution < -0.4 is 11.1 Å². The zero-order valence-electron chi connectivity index (χ0n) is 15.2. The first-order valence-corrected chi connectivity index (χ1v) is 8.88. The van der Waals surface area contributed by atoms with E-state index in [0.29, 0.717) is 18.4 Å². The van der Waals surface area contributed by atoms with Gasteiger partial charge in [0, 0.05) is 19.6 Å². The number of rotatable bonds is 4. The molecule has 1 saturated carbocycles. The Labute approximate surface area is 163 Å². The fourth-order valence-corrected chi connectivity index (χ4v) is 2.95. The number of amides is 1. The number of carbonyl (C=O) groups is 1. The third-order valence-corrected chi connectivity index (χ3v) is 4.52. The molecule has 0 aromatic heterocycles. The molecule has 1 aliphatic heterocycles. The second-order valence-electron chi connectivity index (χ2n) is 7.73. The lowest BCUT2D eigenvalue weighted by molar-refractivity contribution is 0.0104. The van der Waals surface area contributed by atoms with Crippen LogP contribution in [-0.4, -0.2) is 48.2 Å². The summed E-state index contributed by atoms with van der Waals surface area (Å²) in [4.78, 5) is 18.6. The highest BCUT2D eigenvalue weighted by Crippen LogP contribution is 2.26. The number of guanidine groups is 1. The quantitative estimate of drug-likeness (QED) is 0.390. The van der Waals surface area contributed by atoms with E-state index in [1.807, 2.05) is 25.7 Å². The summed E-state index contributed by atoms with van der Waals surface area (Å²) in [5, 5.41) is 3.18. The molecule has 1 atom stereocenters. The van der Waals surface area contributed by atoms with Crippen molar-refractivity contribution < 1.29 is 9.53 Å². The highest BCUT2D eigenvalue weighted by Gasteiger charge is 2.30. The van der Waals surface area contributed by atoms with Gasteiger partial charge in [-0.15, -0.1) is 24.0 Å². The molecule has 24 heavy (non-hydrogen) atoms. The van der Waals surface area contributed by atoms with Gasteiger partial charge in [0.25, 0.3) is 0 Å². The van der Waals surface area contributed by atoms with Crippen LogP contribution in [0.25, 0.3) is 0 Å². The fraction of sp³-hybridized carbons (Fsp3) is 0.882. The van der Waals surface area contributed by atoms with Gasteiger partial charge >= 0.3 is 6.09 Å². The zero-order valence-corrected chi connectivity index (χ0v) is 17.5. The summed E-state index contributed by atoms with van der Waals surface area (Å²) in [6, 6.07) is 0.121. The van der Waals surface area contributed by atoms with Gasteiger partial charge in [0.15, 0.2) is 5.96 Å². The number of ether oxygens (including phenoxy) is 1. The number of carbonyl (C=O) groups excluding carboxylic acids is 1. The van der Waals surface area contributed by atoms with Crippen molar-refractivity contribution in [2.75, 3.05) is 19.6 Å². The summed E-state index contributed by atoms with van der Waals surface area (Å²) in [7, 11) is 0. The van der Waals surface area contributed by atoms with Gasteiger partial charge in [-0.3, -0.25) is 4.99 Å². The average Bonchev–Trinajstić information content (AvgIpc) is 2.42. The van der Waals surface area contributed by atoms with Crippen molar-refractivity contribution in [2.24, 2.45) is 16.6 Å². The molecule has 2 aliphatic rings. The number of halogens is 1. The largest absolute Gasteiger partial charge is 0.444 e. The molecular formula is C17H33IN4O2. The van der Waals surface area contributed by atoms with Crippen molar-refractivity contribution in [3.05, 3.63) is 0 Å². The van der Waals surface area contributed by atoms with E-state index in [4.69, 9.17) is 10.5 Å². The van der Waals surface area contributed by atoms with Crippen molar-refractivity contribution >= 4 is 36.0 Å². The van der Waals surface area contributed by atoms with E-state index in [1.165, 1.54) is 19.3 Å². The molecule has 2 fully saturated rings. The second-order valence-corrected chi connectivity index (χ2v) is 7.73. The van der Waals surface area contributed by atoms with Gasteiger partial charge in [0.05, 0.1) is 6.04 Å². The Morgan fingerprint density at radius 3 is 2.54 bits per heavy atom. The van der Waals surface area contributed by atoms with Gasteiger partial charge in [-0.05, 0) is 58.8 Å². The Morgan fingerprint density at radius 2 is 1.96 bits per heavy atom. The molecule has 0 radical (unpaired) electrons. The van der Waals surface area contributed by atoms with Crippen molar-refractivity contribution in [3.63, 3.8) is 0 Å². The van der Waals surface area contributed by atoms with Gasteiger partial charge in [0.1, 0.15) is 5.60 Å². The van der Waals surface area contributed by atoms with E-state index < -0.39 is 5.60 Å². The molecular weight excluding hydrogens is 419 g/mol. The van der Waals surface area contributed by atoms with Crippen LogP contribution in [0.1, 0.15) is 59.3 Å². The Hall–Kier alpha value is -0.730. The lowest BCUT2D eigenvalue weighted by Gasteiger charge is -2.36. The molecule has 0 bridgehead atoms. The lowest BCUT2D eigenvalue weighted by Crippen LogP contribution is -2.51. The summed E-state index contributed by atoms with van der Waals surface area (Å²) >= 11 is 0. The summed E-state index contributed by atoms with van der Waals surface area (Å²) in [6.07, 6.45) is 6.76. The Bertz CT molecular complexity index is 433. The Kier molecular flexibility index (Phi) is 8.59. The average molecular weight is 452 g/mol. The van der Waals surface area contributed by atoms with E-state index in [1.54, 1.807) is 0 Å². The lowest BCUT2D eigenvalue weighted by atomic mass is 9.86. The second kappa shape index (κ2) is 9.68. The molecule has 6 nitrogen and oxygen atoms in total. The molecule has 1 amide bonds. The van der Waals surface area contributed by atoms with E-state index in [0.717, 1.165) is 32.4 Å². The van der Waals surface area contributed by atoms with Gasteiger partial charge in [-0.1, -0.05) is 6.42 Å². The van der Waals surface area contributed by atoms with Crippen molar-refractivity contribution in [2.45, 2.75) is 70.9 Å². The zero-order chi connectivity index (χ0) is 16.9. The van der Waals surface area contributed by atoms with Gasteiger partial charge < -0.3 is 20.7 Å². The predicted octanol–water partition coefficient (Wildman–Crippen LogP) is 3.10.